The summed E-state index contributed by atoms with van der Waals surface area (Å²) in [7, 11) is -2.23. The lowest BCUT2D eigenvalue weighted by Gasteiger charge is -1.99. The zero-order chi connectivity index (χ0) is 16.8. The van der Waals surface area contributed by atoms with Crippen molar-refractivity contribution in [3.63, 3.8) is 0 Å². The number of benzene rings is 1. The Morgan fingerprint density at radius 2 is 1.59 bits per heavy atom. The predicted octanol–water partition coefficient (Wildman–Crippen LogP) is 4.56. The summed E-state index contributed by atoms with van der Waals surface area (Å²) in [6.45, 7) is 2.11. The molecule has 0 N–H and O–H groups in total. The third-order valence-corrected chi connectivity index (χ3v) is 4.20. The lowest BCUT2D eigenvalue weighted by atomic mass is 10.1. The van der Waals surface area contributed by atoms with Crippen LogP contribution in [0, 0.1) is 0 Å². The SMILES string of the molecule is CCCCCCCCS(=O)(=O)OF.COc1ccc(S)cc1. The topological polar surface area (TPSA) is 52.6 Å². The number of hydrogen-bond acceptors (Lipinski definition) is 5. The van der Waals surface area contributed by atoms with Crippen LogP contribution in [-0.2, 0) is 14.5 Å². The van der Waals surface area contributed by atoms with Crippen LogP contribution in [0.15, 0.2) is 29.2 Å². The van der Waals surface area contributed by atoms with Crippen molar-refractivity contribution < 1.29 is 22.1 Å². The summed E-state index contributed by atoms with van der Waals surface area (Å²) in [5.74, 6) is 0.656. The van der Waals surface area contributed by atoms with Gasteiger partial charge >= 0.3 is 0 Å². The summed E-state index contributed by atoms with van der Waals surface area (Å²) in [5, 5.41) is 0. The van der Waals surface area contributed by atoms with E-state index in [9.17, 15) is 12.9 Å². The van der Waals surface area contributed by atoms with Crippen molar-refractivity contribution in [2.75, 3.05) is 12.9 Å². The van der Waals surface area contributed by atoms with E-state index in [0.29, 0.717) is 6.42 Å². The first-order valence-electron chi connectivity index (χ1n) is 7.31. The smallest absolute Gasteiger partial charge is 0.297 e. The van der Waals surface area contributed by atoms with Crippen LogP contribution in [0.1, 0.15) is 45.4 Å². The van der Waals surface area contributed by atoms with Crippen molar-refractivity contribution in [2.24, 2.45) is 0 Å². The standard InChI is InChI=1S/C8H17FO3S.C7H8OS/c1-2-3-4-5-6-7-8-13(10,11)12-9;1-8-6-2-4-7(9)5-3-6/h2-8H2,1H3;2-5,9H,1H3. The molecule has 1 rings (SSSR count). The second-order valence-electron chi connectivity index (χ2n) is 4.79. The van der Waals surface area contributed by atoms with Gasteiger partial charge in [-0.05, 0) is 35.2 Å². The maximum absolute atomic E-state index is 11.3. The number of ether oxygens (including phenoxy) is 1. The molecule has 128 valence electrons. The lowest BCUT2D eigenvalue weighted by Crippen LogP contribution is -2.05. The van der Waals surface area contributed by atoms with Gasteiger partial charge in [-0.15, -0.1) is 12.6 Å². The van der Waals surface area contributed by atoms with E-state index in [1.54, 1.807) is 7.11 Å². The highest BCUT2D eigenvalue weighted by atomic mass is 32.2. The van der Waals surface area contributed by atoms with Gasteiger partial charge in [-0.25, -0.2) is 0 Å². The number of halogens is 1. The Morgan fingerprint density at radius 3 is 2.09 bits per heavy atom. The van der Waals surface area contributed by atoms with E-state index in [2.05, 4.69) is 23.9 Å². The number of unbranched alkanes of at least 4 members (excludes halogenated alkanes) is 5. The molecular formula is C15H25FO4S2. The van der Waals surface area contributed by atoms with Crippen molar-refractivity contribution in [1.29, 1.82) is 0 Å². The van der Waals surface area contributed by atoms with Crippen molar-refractivity contribution >= 4 is 22.7 Å². The third kappa shape index (κ3) is 11.8. The van der Waals surface area contributed by atoms with E-state index in [0.717, 1.165) is 36.3 Å². The van der Waals surface area contributed by atoms with Gasteiger partial charge in [0.1, 0.15) is 5.75 Å². The Labute approximate surface area is 138 Å². The van der Waals surface area contributed by atoms with Crippen molar-refractivity contribution in [2.45, 2.75) is 50.3 Å². The Balaban J connectivity index is 0.000000425. The monoisotopic (exact) mass is 352 g/mol. The molecule has 22 heavy (non-hydrogen) atoms. The van der Waals surface area contributed by atoms with Crippen LogP contribution >= 0.6 is 12.6 Å². The average Bonchev–Trinajstić information content (AvgIpc) is 2.52. The van der Waals surface area contributed by atoms with E-state index >= 15 is 0 Å². The van der Waals surface area contributed by atoms with Gasteiger partial charge in [0.05, 0.1) is 12.9 Å². The highest BCUT2D eigenvalue weighted by molar-refractivity contribution is 7.86. The molecule has 0 atom stereocenters. The average molecular weight is 352 g/mol. The second kappa shape index (κ2) is 12.7. The zero-order valence-electron chi connectivity index (χ0n) is 13.1. The van der Waals surface area contributed by atoms with Crippen LogP contribution in [0.3, 0.4) is 0 Å². The fourth-order valence-corrected chi connectivity index (χ4v) is 2.44. The maximum Gasteiger partial charge on any atom is 0.297 e. The van der Waals surface area contributed by atoms with Crippen LogP contribution < -0.4 is 4.74 Å². The molecule has 0 fully saturated rings. The summed E-state index contributed by atoms with van der Waals surface area (Å²) in [5.41, 5.74) is 0. The summed E-state index contributed by atoms with van der Waals surface area (Å²) in [4.78, 5) is 0.954. The third-order valence-electron chi connectivity index (χ3n) is 2.92. The molecule has 0 heterocycles. The number of hydrogen-bond donors (Lipinski definition) is 1. The summed E-state index contributed by atoms with van der Waals surface area (Å²) >= 11 is 4.11. The highest BCUT2D eigenvalue weighted by Crippen LogP contribution is 2.12. The van der Waals surface area contributed by atoms with Crippen LogP contribution in [0.2, 0.25) is 0 Å². The molecule has 7 heteroatoms. The molecule has 4 nitrogen and oxygen atoms in total. The number of methoxy groups -OCH3 is 1. The Kier molecular flexibility index (Phi) is 12.3. The Hall–Kier alpha value is -0.790. The molecule has 0 saturated heterocycles. The molecule has 0 bridgehead atoms. The van der Waals surface area contributed by atoms with Gasteiger partial charge in [-0.1, -0.05) is 43.4 Å². The van der Waals surface area contributed by atoms with Crippen molar-refractivity contribution in [1.82, 2.24) is 0 Å². The first-order valence-corrected chi connectivity index (χ1v) is 9.33. The van der Waals surface area contributed by atoms with Gasteiger partial charge in [0.2, 0.25) is 0 Å². The maximum atomic E-state index is 11.3. The van der Waals surface area contributed by atoms with E-state index in [1.165, 1.54) is 6.42 Å². The predicted molar refractivity (Wildman–Crippen MR) is 89.6 cm³/mol. The van der Waals surface area contributed by atoms with Gasteiger partial charge < -0.3 is 4.74 Å². The zero-order valence-corrected chi connectivity index (χ0v) is 14.8. The molecule has 0 radical (unpaired) electrons. The van der Waals surface area contributed by atoms with E-state index in [4.69, 9.17) is 4.74 Å². The van der Waals surface area contributed by atoms with Crippen molar-refractivity contribution in [3.05, 3.63) is 24.3 Å². The molecule has 0 spiro atoms. The largest absolute Gasteiger partial charge is 0.497 e. The molecule has 0 aliphatic carbocycles. The first kappa shape index (κ1) is 21.2. The summed E-state index contributed by atoms with van der Waals surface area (Å²) < 4.78 is 40.1. The van der Waals surface area contributed by atoms with E-state index in [-0.39, 0.29) is 5.75 Å². The molecule has 0 saturated carbocycles. The minimum atomic E-state index is -3.88. The Bertz CT molecular complexity index is 475. The fourth-order valence-electron chi connectivity index (χ4n) is 1.67. The fraction of sp³-hybridized carbons (Fsp3) is 0.600. The number of thiol groups is 1. The van der Waals surface area contributed by atoms with Gasteiger partial charge in [0.15, 0.2) is 0 Å². The quantitative estimate of drug-likeness (QED) is 0.523. The lowest BCUT2D eigenvalue weighted by molar-refractivity contribution is 0.00288. The summed E-state index contributed by atoms with van der Waals surface area (Å²) in [6, 6.07) is 7.54. The van der Waals surface area contributed by atoms with E-state index in [1.807, 2.05) is 24.3 Å². The van der Waals surface area contributed by atoms with Crippen LogP contribution in [0.5, 0.6) is 5.75 Å². The molecule has 0 unspecified atom stereocenters. The normalized spacial score (nSPS) is 10.7. The molecule has 0 aromatic heterocycles. The van der Waals surface area contributed by atoms with Crippen LogP contribution in [0.4, 0.5) is 4.53 Å². The molecular weight excluding hydrogens is 327 g/mol. The minimum Gasteiger partial charge on any atom is -0.497 e. The molecule has 0 amide bonds. The molecule has 1 aromatic rings. The minimum absolute atomic E-state index is 0.213. The highest BCUT2D eigenvalue weighted by Gasteiger charge is 2.09. The summed E-state index contributed by atoms with van der Waals surface area (Å²) in [6.07, 6.45) is 5.76. The molecule has 0 aliphatic rings. The van der Waals surface area contributed by atoms with Crippen LogP contribution in [-0.4, -0.2) is 21.3 Å². The Morgan fingerprint density at radius 1 is 1.05 bits per heavy atom. The number of rotatable bonds is 9. The molecule has 1 aromatic carbocycles. The van der Waals surface area contributed by atoms with E-state index < -0.39 is 10.1 Å². The van der Waals surface area contributed by atoms with Gasteiger partial charge in [-0.2, -0.15) is 8.42 Å². The van der Waals surface area contributed by atoms with Gasteiger partial charge in [-0.3, -0.25) is 0 Å². The first-order chi connectivity index (χ1) is 10.4. The second-order valence-corrected chi connectivity index (χ2v) is 6.96. The van der Waals surface area contributed by atoms with Crippen LogP contribution in [0.25, 0.3) is 0 Å². The molecule has 0 aliphatic heterocycles. The van der Waals surface area contributed by atoms with Gasteiger partial charge in [0.25, 0.3) is 10.1 Å². The van der Waals surface area contributed by atoms with Gasteiger partial charge in [0, 0.05) is 4.90 Å². The van der Waals surface area contributed by atoms with Crippen molar-refractivity contribution in [3.8, 4) is 5.75 Å².